The van der Waals surface area contributed by atoms with E-state index in [2.05, 4.69) is 19.1 Å². The van der Waals surface area contributed by atoms with Crippen LogP contribution < -0.4 is 0 Å². The van der Waals surface area contributed by atoms with Crippen molar-refractivity contribution in [3.8, 4) is 0 Å². The Morgan fingerprint density at radius 1 is 1.33 bits per heavy atom. The van der Waals surface area contributed by atoms with Crippen LogP contribution in [0.5, 0.6) is 0 Å². The lowest BCUT2D eigenvalue weighted by molar-refractivity contribution is 0.301. The molecule has 0 saturated carbocycles. The molecule has 0 spiro atoms. The Kier molecular flexibility index (Phi) is 6.16. The number of rotatable bonds is 1. The van der Waals surface area contributed by atoms with Crippen LogP contribution in [0.2, 0.25) is 0 Å². The maximum atomic E-state index is 5.12. The summed E-state index contributed by atoms with van der Waals surface area (Å²) in [7, 11) is 1.70. The molecule has 0 saturated heterocycles. The van der Waals surface area contributed by atoms with Crippen molar-refractivity contribution in [2.45, 2.75) is 27.2 Å². The van der Waals surface area contributed by atoms with Gasteiger partial charge in [0, 0.05) is 0 Å². The maximum Gasteiger partial charge on any atom is 0.121 e. The maximum absolute atomic E-state index is 5.12. The Bertz CT molecular complexity index is 197. The molecular formula is C11H18O. The van der Waals surface area contributed by atoms with Crippen molar-refractivity contribution >= 4 is 0 Å². The summed E-state index contributed by atoms with van der Waals surface area (Å²) in [5.74, 6) is 0.966. The van der Waals surface area contributed by atoms with E-state index >= 15 is 0 Å². The van der Waals surface area contributed by atoms with Crippen LogP contribution in [0, 0.1) is 0 Å². The summed E-state index contributed by atoms with van der Waals surface area (Å²) in [5, 5.41) is 0. The normalized spacial score (nSPS) is 15.0. The fraction of sp³-hybridized carbons (Fsp3) is 0.455. The van der Waals surface area contributed by atoms with Gasteiger partial charge in [-0.2, -0.15) is 0 Å². The van der Waals surface area contributed by atoms with Crippen molar-refractivity contribution in [2.75, 3.05) is 7.11 Å². The minimum Gasteiger partial charge on any atom is -0.497 e. The molecule has 0 fully saturated rings. The second-order valence-electron chi connectivity index (χ2n) is 2.29. The van der Waals surface area contributed by atoms with Crippen LogP contribution >= 0.6 is 0 Å². The fourth-order valence-electron chi connectivity index (χ4n) is 0.940. The first-order valence-corrected chi connectivity index (χ1v) is 4.42. The Hall–Kier alpha value is -0.980. The zero-order chi connectivity index (χ0) is 9.40. The van der Waals surface area contributed by atoms with Crippen LogP contribution in [-0.4, -0.2) is 7.11 Å². The van der Waals surface area contributed by atoms with Gasteiger partial charge in [0.25, 0.3) is 0 Å². The average Bonchev–Trinajstić information content (AvgIpc) is 2.33. The minimum absolute atomic E-state index is 0.966. The van der Waals surface area contributed by atoms with E-state index in [1.807, 2.05) is 26.0 Å². The molecule has 0 aliphatic heterocycles. The number of allylic oxidation sites excluding steroid dienone is 5. The molecule has 0 unspecified atom stereocenters. The molecule has 1 aliphatic rings. The van der Waals surface area contributed by atoms with Gasteiger partial charge in [-0.25, -0.2) is 0 Å². The Morgan fingerprint density at radius 2 is 2.00 bits per heavy atom. The first-order valence-electron chi connectivity index (χ1n) is 4.42. The molecule has 0 bridgehead atoms. The third-order valence-corrected chi connectivity index (χ3v) is 1.55. The van der Waals surface area contributed by atoms with Gasteiger partial charge in [0.2, 0.25) is 0 Å². The molecule has 0 heterocycles. The van der Waals surface area contributed by atoms with E-state index in [1.165, 1.54) is 5.57 Å². The number of hydrogen-bond acceptors (Lipinski definition) is 1. The zero-order valence-corrected chi connectivity index (χ0v) is 8.42. The minimum atomic E-state index is 0.966. The van der Waals surface area contributed by atoms with Crippen LogP contribution in [-0.2, 0) is 4.74 Å². The first kappa shape index (κ1) is 11.0. The number of hydrogen-bond donors (Lipinski definition) is 0. The molecule has 1 aliphatic carbocycles. The highest BCUT2D eigenvalue weighted by Gasteiger charge is 1.97. The summed E-state index contributed by atoms with van der Waals surface area (Å²) in [6.45, 7) is 6.06. The quantitative estimate of drug-likeness (QED) is 0.579. The fourth-order valence-corrected chi connectivity index (χ4v) is 0.940. The lowest BCUT2D eigenvalue weighted by atomic mass is 10.2. The lowest BCUT2D eigenvalue weighted by Crippen LogP contribution is -1.86. The SMILES string of the molecule is CC.COC1=CC=CCC=C1C. The van der Waals surface area contributed by atoms with Crippen LogP contribution in [0.25, 0.3) is 0 Å². The second kappa shape index (κ2) is 6.71. The molecule has 1 nitrogen and oxygen atoms in total. The van der Waals surface area contributed by atoms with Gasteiger partial charge in [0.1, 0.15) is 5.76 Å². The van der Waals surface area contributed by atoms with Gasteiger partial charge < -0.3 is 4.74 Å². The molecule has 0 aromatic rings. The van der Waals surface area contributed by atoms with Crippen LogP contribution in [0.1, 0.15) is 27.2 Å². The molecule has 0 aromatic carbocycles. The van der Waals surface area contributed by atoms with Crippen molar-refractivity contribution in [3.63, 3.8) is 0 Å². The largest absolute Gasteiger partial charge is 0.497 e. The van der Waals surface area contributed by atoms with E-state index in [-0.39, 0.29) is 0 Å². The summed E-state index contributed by atoms with van der Waals surface area (Å²) < 4.78 is 5.12. The summed E-state index contributed by atoms with van der Waals surface area (Å²) >= 11 is 0. The zero-order valence-electron chi connectivity index (χ0n) is 8.42. The van der Waals surface area contributed by atoms with Crippen molar-refractivity contribution in [1.82, 2.24) is 0 Å². The Labute approximate surface area is 75.4 Å². The molecule has 1 heteroatoms. The van der Waals surface area contributed by atoms with Crippen LogP contribution in [0.4, 0.5) is 0 Å². The molecule has 0 N–H and O–H groups in total. The van der Waals surface area contributed by atoms with E-state index in [0.717, 1.165) is 12.2 Å². The second-order valence-corrected chi connectivity index (χ2v) is 2.29. The number of methoxy groups -OCH3 is 1. The van der Waals surface area contributed by atoms with E-state index in [9.17, 15) is 0 Å². The van der Waals surface area contributed by atoms with E-state index in [0.29, 0.717) is 0 Å². The van der Waals surface area contributed by atoms with Gasteiger partial charge in [-0.1, -0.05) is 32.1 Å². The predicted molar refractivity (Wildman–Crippen MR) is 54.0 cm³/mol. The van der Waals surface area contributed by atoms with Gasteiger partial charge in [0.05, 0.1) is 7.11 Å². The predicted octanol–water partition coefficient (Wildman–Crippen LogP) is 3.45. The van der Waals surface area contributed by atoms with Crippen molar-refractivity contribution in [3.05, 3.63) is 35.6 Å². The highest BCUT2D eigenvalue weighted by atomic mass is 16.5. The van der Waals surface area contributed by atoms with Gasteiger partial charge in [-0.15, -0.1) is 0 Å². The topological polar surface area (TPSA) is 9.23 Å². The van der Waals surface area contributed by atoms with Gasteiger partial charge >= 0.3 is 0 Å². The highest BCUT2D eigenvalue weighted by Crippen LogP contribution is 2.13. The van der Waals surface area contributed by atoms with Crippen LogP contribution in [0.3, 0.4) is 0 Å². The molecule has 12 heavy (non-hydrogen) atoms. The summed E-state index contributed by atoms with van der Waals surface area (Å²) in [6, 6.07) is 0. The third kappa shape index (κ3) is 3.42. The van der Waals surface area contributed by atoms with Crippen molar-refractivity contribution < 1.29 is 4.74 Å². The molecular weight excluding hydrogens is 148 g/mol. The molecule has 1 rings (SSSR count). The number of ether oxygens (including phenoxy) is 1. The first-order chi connectivity index (χ1) is 5.84. The van der Waals surface area contributed by atoms with Crippen molar-refractivity contribution in [1.29, 1.82) is 0 Å². The smallest absolute Gasteiger partial charge is 0.121 e. The van der Waals surface area contributed by atoms with Gasteiger partial charge in [-0.05, 0) is 25.0 Å². The summed E-state index contributed by atoms with van der Waals surface area (Å²) in [6.07, 6.45) is 9.27. The molecule has 0 aromatic heterocycles. The van der Waals surface area contributed by atoms with E-state index in [1.54, 1.807) is 7.11 Å². The standard InChI is InChI=1S/C9H12O.C2H6/c1-8-6-4-3-5-7-9(8)10-2;1-2/h3,5-7H,4H2,1-2H3;1-2H3. The van der Waals surface area contributed by atoms with Crippen molar-refractivity contribution in [2.24, 2.45) is 0 Å². The van der Waals surface area contributed by atoms with E-state index < -0.39 is 0 Å². The summed E-state index contributed by atoms with van der Waals surface area (Å²) in [5.41, 5.74) is 1.22. The highest BCUT2D eigenvalue weighted by molar-refractivity contribution is 5.30. The van der Waals surface area contributed by atoms with Gasteiger partial charge in [-0.3, -0.25) is 0 Å². The van der Waals surface area contributed by atoms with E-state index in [4.69, 9.17) is 4.74 Å². The third-order valence-electron chi connectivity index (χ3n) is 1.55. The average molecular weight is 166 g/mol. The Morgan fingerprint density at radius 3 is 2.58 bits per heavy atom. The molecule has 0 radical (unpaired) electrons. The monoisotopic (exact) mass is 166 g/mol. The summed E-state index contributed by atoms with van der Waals surface area (Å²) in [4.78, 5) is 0. The molecule has 0 amide bonds. The lowest BCUT2D eigenvalue weighted by Gasteiger charge is -2.02. The van der Waals surface area contributed by atoms with Gasteiger partial charge in [0.15, 0.2) is 0 Å². The Balaban J connectivity index is 0.000000561. The van der Waals surface area contributed by atoms with Crippen LogP contribution in [0.15, 0.2) is 35.6 Å². The molecule has 68 valence electrons. The molecule has 0 atom stereocenters.